The van der Waals surface area contributed by atoms with E-state index in [1.54, 1.807) is 0 Å². The van der Waals surface area contributed by atoms with Crippen molar-refractivity contribution in [2.24, 2.45) is 0 Å². The Balaban J connectivity index is 3.51. The molecule has 1 aromatic carbocycles. The molecular weight excluding hydrogens is 331 g/mol. The maximum absolute atomic E-state index is 11.6. The number of anilines is 2. The molecular formula is C14H14Cl2N2O4. The molecule has 0 fully saturated rings. The number of hydrogen-bond donors (Lipinski definition) is 0. The molecule has 0 radical (unpaired) electrons. The maximum atomic E-state index is 11.6. The van der Waals surface area contributed by atoms with Gasteiger partial charge in [0, 0.05) is 27.7 Å². The molecule has 22 heavy (non-hydrogen) atoms. The fourth-order valence-electron chi connectivity index (χ4n) is 1.99. The molecule has 0 aliphatic rings. The number of nitrogens with zero attached hydrogens (tertiary/aromatic N) is 2. The van der Waals surface area contributed by atoms with E-state index >= 15 is 0 Å². The average Bonchev–Trinajstić information content (AvgIpc) is 2.33. The number of benzene rings is 1. The molecule has 4 amide bonds. The third-order valence-corrected chi connectivity index (χ3v) is 3.36. The van der Waals surface area contributed by atoms with E-state index in [9.17, 15) is 19.2 Å². The Morgan fingerprint density at radius 3 is 1.09 bits per heavy atom. The summed E-state index contributed by atoms with van der Waals surface area (Å²) in [6.45, 7) is 4.82. The molecule has 0 heterocycles. The Kier molecular flexibility index (Phi) is 5.68. The molecule has 0 N–H and O–H groups in total. The molecule has 0 aliphatic heterocycles. The lowest BCUT2D eigenvalue weighted by atomic mass is 10.2. The maximum Gasteiger partial charge on any atom is 0.230 e. The molecule has 0 saturated heterocycles. The molecule has 0 bridgehead atoms. The highest BCUT2D eigenvalue weighted by atomic mass is 35.5. The van der Waals surface area contributed by atoms with E-state index in [0.717, 1.165) is 9.80 Å². The summed E-state index contributed by atoms with van der Waals surface area (Å²) in [6, 6.07) is 2.53. The summed E-state index contributed by atoms with van der Waals surface area (Å²) in [5.74, 6) is -2.14. The number of halogens is 2. The molecule has 0 spiro atoms. The van der Waals surface area contributed by atoms with E-state index in [4.69, 9.17) is 23.2 Å². The van der Waals surface area contributed by atoms with Crippen LogP contribution in [-0.2, 0) is 19.2 Å². The second-order valence-corrected chi connectivity index (χ2v) is 5.32. The van der Waals surface area contributed by atoms with Crippen LogP contribution >= 0.6 is 23.2 Å². The molecule has 1 aromatic rings. The van der Waals surface area contributed by atoms with Crippen molar-refractivity contribution in [3.8, 4) is 0 Å². The lowest BCUT2D eigenvalue weighted by molar-refractivity contribution is -0.125. The minimum atomic E-state index is -0.534. The minimum absolute atomic E-state index is 0.0114. The van der Waals surface area contributed by atoms with Crippen molar-refractivity contribution < 1.29 is 19.2 Å². The highest BCUT2D eigenvalue weighted by molar-refractivity contribution is 6.39. The number of carbonyl (C=O) groups excluding carboxylic acids is 4. The summed E-state index contributed by atoms with van der Waals surface area (Å²) in [5, 5.41) is 0.0228. The van der Waals surface area contributed by atoms with Gasteiger partial charge in [0.25, 0.3) is 0 Å². The summed E-state index contributed by atoms with van der Waals surface area (Å²) in [4.78, 5) is 48.0. The molecule has 118 valence electrons. The van der Waals surface area contributed by atoms with Crippen molar-refractivity contribution in [1.29, 1.82) is 0 Å². The number of rotatable bonds is 2. The van der Waals surface area contributed by atoms with Crippen molar-refractivity contribution >= 4 is 58.2 Å². The molecule has 8 heteroatoms. The fraction of sp³-hybridized carbons (Fsp3) is 0.286. The highest BCUT2D eigenvalue weighted by Crippen LogP contribution is 2.37. The van der Waals surface area contributed by atoms with E-state index in [2.05, 4.69) is 0 Å². The van der Waals surface area contributed by atoms with Crippen LogP contribution in [0.15, 0.2) is 12.1 Å². The number of carbonyl (C=O) groups is 4. The van der Waals surface area contributed by atoms with Gasteiger partial charge in [0.1, 0.15) is 0 Å². The number of amides is 4. The summed E-state index contributed by atoms with van der Waals surface area (Å²) in [7, 11) is 0. The highest BCUT2D eigenvalue weighted by Gasteiger charge is 2.25. The van der Waals surface area contributed by atoms with Gasteiger partial charge < -0.3 is 0 Å². The monoisotopic (exact) mass is 344 g/mol. The van der Waals surface area contributed by atoms with Crippen molar-refractivity contribution in [1.82, 2.24) is 0 Å². The van der Waals surface area contributed by atoms with E-state index in [-0.39, 0.29) is 21.4 Å². The fourth-order valence-corrected chi connectivity index (χ4v) is 2.48. The molecule has 6 nitrogen and oxygen atoms in total. The van der Waals surface area contributed by atoms with Gasteiger partial charge in [0.2, 0.25) is 23.6 Å². The Morgan fingerprint density at radius 2 is 0.909 bits per heavy atom. The van der Waals surface area contributed by atoms with Gasteiger partial charge in [-0.05, 0) is 12.1 Å². The Labute approximate surface area is 137 Å². The number of imide groups is 2. The van der Waals surface area contributed by atoms with Crippen LogP contribution < -0.4 is 9.80 Å². The van der Waals surface area contributed by atoms with Crippen LogP contribution in [0.5, 0.6) is 0 Å². The summed E-state index contributed by atoms with van der Waals surface area (Å²) in [5.41, 5.74) is 0.171. The topological polar surface area (TPSA) is 74.8 Å². The normalized spacial score (nSPS) is 10.1. The first-order valence-electron chi connectivity index (χ1n) is 6.19. The second kappa shape index (κ2) is 6.89. The van der Waals surface area contributed by atoms with Crippen molar-refractivity contribution in [2.45, 2.75) is 27.7 Å². The van der Waals surface area contributed by atoms with Gasteiger partial charge in [-0.25, -0.2) is 9.80 Å². The van der Waals surface area contributed by atoms with Crippen molar-refractivity contribution in [3.05, 3.63) is 22.2 Å². The SMILES string of the molecule is CC(=O)N(C(C)=O)c1cc(Cl)c(N(C(C)=O)C(C)=O)cc1Cl. The van der Waals surface area contributed by atoms with E-state index < -0.39 is 23.6 Å². The summed E-state index contributed by atoms with van der Waals surface area (Å²) in [6.07, 6.45) is 0. The molecule has 0 atom stereocenters. The van der Waals surface area contributed by atoms with Crippen LogP contribution in [0.25, 0.3) is 0 Å². The zero-order valence-electron chi connectivity index (χ0n) is 12.4. The van der Waals surface area contributed by atoms with Gasteiger partial charge in [-0.3, -0.25) is 19.2 Å². The first-order chi connectivity index (χ1) is 10.1. The van der Waals surface area contributed by atoms with Gasteiger partial charge in [0.15, 0.2) is 0 Å². The number of hydrogen-bond acceptors (Lipinski definition) is 4. The Bertz CT molecular complexity index is 587. The molecule has 0 aliphatic carbocycles. The third-order valence-electron chi connectivity index (χ3n) is 2.76. The molecule has 0 saturated carbocycles. The predicted octanol–water partition coefficient (Wildman–Crippen LogP) is 2.79. The van der Waals surface area contributed by atoms with Crippen LogP contribution in [-0.4, -0.2) is 23.6 Å². The van der Waals surface area contributed by atoms with E-state index in [1.165, 1.54) is 39.8 Å². The Hall–Kier alpha value is -1.92. The lowest BCUT2D eigenvalue weighted by Gasteiger charge is -2.23. The second-order valence-electron chi connectivity index (χ2n) is 4.50. The van der Waals surface area contributed by atoms with Gasteiger partial charge in [-0.15, -0.1) is 0 Å². The van der Waals surface area contributed by atoms with Gasteiger partial charge in [-0.2, -0.15) is 0 Å². The zero-order valence-corrected chi connectivity index (χ0v) is 13.9. The largest absolute Gasteiger partial charge is 0.274 e. The average molecular weight is 345 g/mol. The molecule has 0 unspecified atom stereocenters. The minimum Gasteiger partial charge on any atom is -0.274 e. The lowest BCUT2D eigenvalue weighted by Crippen LogP contribution is -2.35. The van der Waals surface area contributed by atoms with Crippen LogP contribution in [0.4, 0.5) is 11.4 Å². The third kappa shape index (κ3) is 3.64. The van der Waals surface area contributed by atoms with Crippen molar-refractivity contribution in [3.63, 3.8) is 0 Å². The van der Waals surface area contributed by atoms with E-state index in [1.807, 2.05) is 0 Å². The predicted molar refractivity (Wildman–Crippen MR) is 84.1 cm³/mol. The standard InChI is InChI=1S/C14H14Cl2N2O4/c1-7(19)17(8(2)20)13-5-12(16)14(6-11(13)15)18(9(3)21)10(4)22/h5-6H,1-4H3. The van der Waals surface area contributed by atoms with Crippen LogP contribution in [0.2, 0.25) is 10.0 Å². The van der Waals surface area contributed by atoms with Crippen LogP contribution in [0, 0.1) is 0 Å². The molecule has 0 aromatic heterocycles. The van der Waals surface area contributed by atoms with Gasteiger partial charge in [0.05, 0.1) is 21.4 Å². The van der Waals surface area contributed by atoms with Crippen LogP contribution in [0.3, 0.4) is 0 Å². The smallest absolute Gasteiger partial charge is 0.230 e. The molecule has 1 rings (SSSR count). The first kappa shape index (κ1) is 18.1. The first-order valence-corrected chi connectivity index (χ1v) is 6.95. The van der Waals surface area contributed by atoms with Crippen LogP contribution in [0.1, 0.15) is 27.7 Å². The van der Waals surface area contributed by atoms with Gasteiger partial charge in [-0.1, -0.05) is 23.2 Å². The van der Waals surface area contributed by atoms with Gasteiger partial charge >= 0.3 is 0 Å². The summed E-state index contributed by atoms with van der Waals surface area (Å²) < 4.78 is 0. The summed E-state index contributed by atoms with van der Waals surface area (Å²) >= 11 is 12.2. The Morgan fingerprint density at radius 1 is 0.682 bits per heavy atom. The quantitative estimate of drug-likeness (QED) is 0.826. The zero-order chi connectivity index (χ0) is 17.2. The van der Waals surface area contributed by atoms with Crippen molar-refractivity contribution in [2.75, 3.05) is 9.80 Å². The van der Waals surface area contributed by atoms with E-state index in [0.29, 0.717) is 0 Å².